The first-order valence-corrected chi connectivity index (χ1v) is 5.55. The van der Waals surface area contributed by atoms with Gasteiger partial charge in [-0.2, -0.15) is 0 Å². The first-order chi connectivity index (χ1) is 6.77. The van der Waals surface area contributed by atoms with Gasteiger partial charge in [-0.15, -0.1) is 0 Å². The van der Waals surface area contributed by atoms with Crippen LogP contribution in [0.1, 0.15) is 0 Å². The second-order valence-electron chi connectivity index (χ2n) is 3.14. The predicted molar refractivity (Wildman–Crippen MR) is 58.0 cm³/mol. The molecule has 1 unspecified atom stereocenters. The Bertz CT molecular complexity index is 381. The van der Waals surface area contributed by atoms with Crippen molar-refractivity contribution in [3.8, 4) is 0 Å². The standard InChI is InChI=1S/C10H12N2OS/c11-9-4-3-5-10(8-9)14(13)12-6-1-2-7-12/h1-5,8H,6-7,11H2. The molecule has 1 aromatic rings. The second-order valence-corrected chi connectivity index (χ2v) is 4.63. The van der Waals surface area contributed by atoms with E-state index in [-0.39, 0.29) is 0 Å². The zero-order valence-corrected chi connectivity index (χ0v) is 8.54. The van der Waals surface area contributed by atoms with Crippen molar-refractivity contribution in [2.45, 2.75) is 4.90 Å². The summed E-state index contributed by atoms with van der Waals surface area (Å²) in [4.78, 5) is 0.772. The molecule has 0 aromatic heterocycles. The van der Waals surface area contributed by atoms with E-state index in [2.05, 4.69) is 0 Å². The van der Waals surface area contributed by atoms with Crippen LogP contribution in [-0.4, -0.2) is 21.6 Å². The zero-order valence-electron chi connectivity index (χ0n) is 7.72. The van der Waals surface area contributed by atoms with Crippen LogP contribution in [0.3, 0.4) is 0 Å². The van der Waals surface area contributed by atoms with Gasteiger partial charge in [0.15, 0.2) is 0 Å². The van der Waals surface area contributed by atoms with Gasteiger partial charge >= 0.3 is 0 Å². The molecule has 0 saturated carbocycles. The molecule has 0 radical (unpaired) electrons. The van der Waals surface area contributed by atoms with Gasteiger partial charge in [-0.25, -0.2) is 8.51 Å². The largest absolute Gasteiger partial charge is 0.399 e. The summed E-state index contributed by atoms with van der Waals surface area (Å²) in [7, 11) is -1.08. The van der Waals surface area contributed by atoms with Crippen LogP contribution in [-0.2, 0) is 11.0 Å². The van der Waals surface area contributed by atoms with Gasteiger partial charge in [0.05, 0.1) is 4.90 Å². The topological polar surface area (TPSA) is 46.3 Å². The van der Waals surface area contributed by atoms with Crippen LogP contribution < -0.4 is 5.73 Å². The number of benzene rings is 1. The second kappa shape index (κ2) is 3.94. The van der Waals surface area contributed by atoms with Crippen LogP contribution in [0.25, 0.3) is 0 Å². The van der Waals surface area contributed by atoms with Crippen molar-refractivity contribution in [2.24, 2.45) is 0 Å². The summed E-state index contributed by atoms with van der Waals surface area (Å²) in [5, 5.41) is 0. The van der Waals surface area contributed by atoms with Gasteiger partial charge < -0.3 is 5.73 Å². The average Bonchev–Trinajstić information content (AvgIpc) is 2.69. The van der Waals surface area contributed by atoms with E-state index in [1.165, 1.54) is 0 Å². The fourth-order valence-electron chi connectivity index (χ4n) is 1.37. The van der Waals surface area contributed by atoms with Gasteiger partial charge in [-0.1, -0.05) is 18.2 Å². The molecule has 74 valence electrons. The fourth-order valence-corrected chi connectivity index (χ4v) is 2.54. The van der Waals surface area contributed by atoms with E-state index in [1.807, 2.05) is 28.6 Å². The van der Waals surface area contributed by atoms with E-state index in [0.29, 0.717) is 5.69 Å². The van der Waals surface area contributed by atoms with Crippen molar-refractivity contribution in [3.63, 3.8) is 0 Å². The maximum absolute atomic E-state index is 11.9. The number of nitrogen functional groups attached to an aromatic ring is 1. The molecule has 14 heavy (non-hydrogen) atoms. The third-order valence-electron chi connectivity index (χ3n) is 2.08. The molecule has 0 amide bonds. The summed E-state index contributed by atoms with van der Waals surface area (Å²) in [5.41, 5.74) is 6.28. The molecular weight excluding hydrogens is 196 g/mol. The fraction of sp³-hybridized carbons (Fsp3) is 0.200. The van der Waals surface area contributed by atoms with E-state index in [1.54, 1.807) is 12.1 Å². The number of rotatable bonds is 2. The third kappa shape index (κ3) is 1.86. The summed E-state index contributed by atoms with van der Waals surface area (Å²) in [5.74, 6) is 0. The molecule has 0 aliphatic carbocycles. The van der Waals surface area contributed by atoms with E-state index >= 15 is 0 Å². The predicted octanol–water partition coefficient (Wildman–Crippen LogP) is 1.16. The number of anilines is 1. The SMILES string of the molecule is Nc1cccc(S(=O)N2CC=CC2)c1. The first kappa shape index (κ1) is 9.43. The van der Waals surface area contributed by atoms with E-state index in [4.69, 9.17) is 5.73 Å². The number of nitrogens with zero attached hydrogens (tertiary/aromatic N) is 1. The van der Waals surface area contributed by atoms with Crippen LogP contribution in [0.4, 0.5) is 5.69 Å². The average molecular weight is 208 g/mol. The van der Waals surface area contributed by atoms with Gasteiger partial charge in [0, 0.05) is 18.8 Å². The van der Waals surface area contributed by atoms with E-state index in [0.717, 1.165) is 18.0 Å². The van der Waals surface area contributed by atoms with E-state index < -0.39 is 11.0 Å². The van der Waals surface area contributed by atoms with Gasteiger partial charge in [-0.05, 0) is 18.2 Å². The molecule has 1 heterocycles. The Kier molecular flexibility index (Phi) is 2.65. The van der Waals surface area contributed by atoms with Crippen LogP contribution in [0, 0.1) is 0 Å². The minimum absolute atomic E-state index is 0.656. The number of hydrogen-bond donors (Lipinski definition) is 1. The molecule has 0 saturated heterocycles. The lowest BCUT2D eigenvalue weighted by Crippen LogP contribution is -2.22. The molecule has 2 rings (SSSR count). The summed E-state index contributed by atoms with van der Waals surface area (Å²) in [6, 6.07) is 7.22. The van der Waals surface area contributed by atoms with Crippen LogP contribution >= 0.6 is 0 Å². The maximum atomic E-state index is 11.9. The van der Waals surface area contributed by atoms with E-state index in [9.17, 15) is 4.21 Å². The Hall–Kier alpha value is -1.13. The zero-order chi connectivity index (χ0) is 9.97. The minimum atomic E-state index is -1.08. The molecule has 2 N–H and O–H groups in total. The Morgan fingerprint density at radius 2 is 2.00 bits per heavy atom. The Labute approximate surface area is 85.8 Å². The smallest absolute Gasteiger partial charge is 0.128 e. The third-order valence-corrected chi connectivity index (χ3v) is 3.50. The lowest BCUT2D eigenvalue weighted by Gasteiger charge is -2.13. The molecule has 3 nitrogen and oxygen atoms in total. The Morgan fingerprint density at radius 3 is 2.64 bits per heavy atom. The number of hydrogen-bond acceptors (Lipinski definition) is 2. The molecule has 4 heteroatoms. The van der Waals surface area contributed by atoms with Gasteiger partial charge in [0.25, 0.3) is 0 Å². The summed E-state index contributed by atoms with van der Waals surface area (Å²) in [6.45, 7) is 1.50. The lowest BCUT2D eigenvalue weighted by molar-refractivity contribution is 0.552. The van der Waals surface area contributed by atoms with Gasteiger partial charge in [0.1, 0.15) is 11.0 Å². The Morgan fingerprint density at radius 1 is 1.29 bits per heavy atom. The normalized spacial score (nSPS) is 18.6. The van der Waals surface area contributed by atoms with Gasteiger partial charge in [0.2, 0.25) is 0 Å². The monoisotopic (exact) mass is 208 g/mol. The molecule has 0 spiro atoms. The van der Waals surface area contributed by atoms with Crippen LogP contribution in [0.5, 0.6) is 0 Å². The van der Waals surface area contributed by atoms with Crippen molar-refractivity contribution >= 4 is 16.7 Å². The quantitative estimate of drug-likeness (QED) is 0.585. The molecular formula is C10H12N2OS. The molecule has 1 aliphatic heterocycles. The highest BCUT2D eigenvalue weighted by Gasteiger charge is 2.15. The summed E-state index contributed by atoms with van der Waals surface area (Å²) < 4.78 is 13.8. The first-order valence-electron chi connectivity index (χ1n) is 4.45. The highest BCUT2D eigenvalue weighted by Crippen LogP contribution is 2.15. The Balaban J connectivity index is 2.18. The maximum Gasteiger partial charge on any atom is 0.128 e. The van der Waals surface area contributed by atoms with Crippen molar-refractivity contribution in [1.82, 2.24) is 4.31 Å². The summed E-state index contributed by atoms with van der Waals surface area (Å²) >= 11 is 0. The lowest BCUT2D eigenvalue weighted by atomic mass is 10.3. The highest BCUT2D eigenvalue weighted by molar-refractivity contribution is 7.82. The summed E-state index contributed by atoms with van der Waals surface area (Å²) in [6.07, 6.45) is 4.04. The molecule has 1 atom stereocenters. The van der Waals surface area contributed by atoms with Crippen LogP contribution in [0.15, 0.2) is 41.3 Å². The minimum Gasteiger partial charge on any atom is -0.399 e. The van der Waals surface area contributed by atoms with Crippen LogP contribution in [0.2, 0.25) is 0 Å². The molecule has 1 aromatic carbocycles. The highest BCUT2D eigenvalue weighted by atomic mass is 32.2. The molecule has 0 fully saturated rings. The molecule has 1 aliphatic rings. The van der Waals surface area contributed by atoms with Gasteiger partial charge in [-0.3, -0.25) is 0 Å². The van der Waals surface area contributed by atoms with Crippen molar-refractivity contribution in [2.75, 3.05) is 18.8 Å². The van der Waals surface area contributed by atoms with Crippen molar-refractivity contribution < 1.29 is 4.21 Å². The van der Waals surface area contributed by atoms with Crippen molar-refractivity contribution in [1.29, 1.82) is 0 Å². The molecule has 0 bridgehead atoms. The van der Waals surface area contributed by atoms with Crippen molar-refractivity contribution in [3.05, 3.63) is 36.4 Å². The number of nitrogens with two attached hydrogens (primary N) is 1.